The Morgan fingerprint density at radius 2 is 1.95 bits per heavy atom. The quantitative estimate of drug-likeness (QED) is 0.654. The summed E-state index contributed by atoms with van der Waals surface area (Å²) in [5.41, 5.74) is 0.607. The smallest absolute Gasteiger partial charge is 0.270 e. The van der Waals surface area contributed by atoms with E-state index in [1.54, 1.807) is 24.3 Å². The Kier molecular flexibility index (Phi) is 5.08. The van der Waals surface area contributed by atoms with Gasteiger partial charge in [0.25, 0.3) is 11.6 Å². The number of halogens is 1. The number of rotatable bonds is 5. The lowest BCUT2D eigenvalue weighted by molar-refractivity contribution is -0.384. The van der Waals surface area contributed by atoms with Crippen molar-refractivity contribution in [3.8, 4) is 0 Å². The zero-order chi connectivity index (χ0) is 16.1. The number of carbonyl (C=O) groups excluding carboxylic acids is 1. The second kappa shape index (κ2) is 7.02. The van der Waals surface area contributed by atoms with Crippen molar-refractivity contribution >= 4 is 23.2 Å². The fraction of sp³-hybridized carbons (Fsp3) is 0.133. The van der Waals surface area contributed by atoms with Crippen molar-refractivity contribution in [3.05, 3.63) is 74.8 Å². The minimum Gasteiger partial charge on any atom is -0.387 e. The first-order valence-corrected chi connectivity index (χ1v) is 6.82. The second-order valence-electron chi connectivity index (χ2n) is 4.56. The largest absolute Gasteiger partial charge is 0.387 e. The molecule has 0 saturated carbocycles. The van der Waals surface area contributed by atoms with Gasteiger partial charge >= 0.3 is 0 Å². The number of hydrogen-bond donors (Lipinski definition) is 2. The van der Waals surface area contributed by atoms with E-state index in [-0.39, 0.29) is 22.8 Å². The predicted molar refractivity (Wildman–Crippen MR) is 81.8 cm³/mol. The summed E-state index contributed by atoms with van der Waals surface area (Å²) in [6.07, 6.45) is -0.845. The van der Waals surface area contributed by atoms with E-state index < -0.39 is 16.9 Å². The Bertz CT molecular complexity index is 691. The molecular formula is C15H13ClN2O4. The van der Waals surface area contributed by atoms with E-state index in [2.05, 4.69) is 5.32 Å². The van der Waals surface area contributed by atoms with Crippen molar-refractivity contribution < 1.29 is 14.8 Å². The van der Waals surface area contributed by atoms with E-state index in [1.165, 1.54) is 12.1 Å². The van der Waals surface area contributed by atoms with Gasteiger partial charge in [0.05, 0.1) is 21.6 Å². The van der Waals surface area contributed by atoms with Gasteiger partial charge in [0, 0.05) is 18.7 Å². The number of nitrogens with one attached hydrogen (secondary N) is 1. The average Bonchev–Trinajstić information content (AvgIpc) is 2.52. The fourth-order valence-corrected chi connectivity index (χ4v) is 2.14. The summed E-state index contributed by atoms with van der Waals surface area (Å²) in [5, 5.41) is 23.1. The van der Waals surface area contributed by atoms with Gasteiger partial charge in [0.1, 0.15) is 0 Å². The van der Waals surface area contributed by atoms with Gasteiger partial charge in [0.15, 0.2) is 0 Å². The molecule has 0 spiro atoms. The molecule has 0 aliphatic rings. The van der Waals surface area contributed by atoms with Crippen LogP contribution in [-0.4, -0.2) is 22.5 Å². The SMILES string of the molecule is O=C(NC[C@@H](O)c1ccccc1)c1ccc([N+](=O)[O-])cc1Cl. The van der Waals surface area contributed by atoms with Crippen molar-refractivity contribution in [1.82, 2.24) is 5.32 Å². The molecular weight excluding hydrogens is 308 g/mol. The van der Waals surface area contributed by atoms with E-state index in [9.17, 15) is 20.0 Å². The summed E-state index contributed by atoms with van der Waals surface area (Å²) < 4.78 is 0. The maximum absolute atomic E-state index is 12.0. The molecule has 1 atom stereocenters. The molecule has 1 amide bonds. The Labute approximate surface area is 131 Å². The highest BCUT2D eigenvalue weighted by Gasteiger charge is 2.16. The molecule has 2 N–H and O–H groups in total. The molecule has 7 heteroatoms. The lowest BCUT2D eigenvalue weighted by Gasteiger charge is -2.12. The van der Waals surface area contributed by atoms with Crippen LogP contribution in [0.25, 0.3) is 0 Å². The number of carbonyl (C=O) groups is 1. The van der Waals surface area contributed by atoms with Gasteiger partial charge in [-0.1, -0.05) is 41.9 Å². The molecule has 2 rings (SSSR count). The highest BCUT2D eigenvalue weighted by Crippen LogP contribution is 2.22. The van der Waals surface area contributed by atoms with Gasteiger partial charge in [-0.3, -0.25) is 14.9 Å². The zero-order valence-electron chi connectivity index (χ0n) is 11.4. The summed E-state index contributed by atoms with van der Waals surface area (Å²) >= 11 is 5.87. The van der Waals surface area contributed by atoms with Crippen molar-refractivity contribution in [2.24, 2.45) is 0 Å². The number of nitro benzene ring substituents is 1. The number of aliphatic hydroxyl groups is 1. The lowest BCUT2D eigenvalue weighted by atomic mass is 10.1. The maximum atomic E-state index is 12.0. The first-order valence-electron chi connectivity index (χ1n) is 6.44. The molecule has 0 bridgehead atoms. The zero-order valence-corrected chi connectivity index (χ0v) is 12.2. The van der Waals surface area contributed by atoms with E-state index in [4.69, 9.17) is 11.6 Å². The number of aliphatic hydroxyl groups excluding tert-OH is 1. The third-order valence-electron chi connectivity index (χ3n) is 3.05. The second-order valence-corrected chi connectivity index (χ2v) is 4.96. The summed E-state index contributed by atoms with van der Waals surface area (Å²) in [6, 6.07) is 12.5. The number of hydrogen-bond acceptors (Lipinski definition) is 4. The summed E-state index contributed by atoms with van der Waals surface area (Å²) in [4.78, 5) is 22.0. The molecule has 0 aliphatic heterocycles. The molecule has 0 aromatic heterocycles. The van der Waals surface area contributed by atoms with Crippen LogP contribution in [0.1, 0.15) is 22.0 Å². The first-order chi connectivity index (χ1) is 10.5. The third-order valence-corrected chi connectivity index (χ3v) is 3.36. The lowest BCUT2D eigenvalue weighted by Crippen LogP contribution is -2.28. The molecule has 0 radical (unpaired) electrons. The van der Waals surface area contributed by atoms with Crippen molar-refractivity contribution in [2.75, 3.05) is 6.54 Å². The number of nitrogens with zero attached hydrogens (tertiary/aromatic N) is 1. The van der Waals surface area contributed by atoms with Gasteiger partial charge in [-0.2, -0.15) is 0 Å². The summed E-state index contributed by atoms with van der Waals surface area (Å²) in [5.74, 6) is -0.505. The topological polar surface area (TPSA) is 92.5 Å². The molecule has 22 heavy (non-hydrogen) atoms. The van der Waals surface area contributed by atoms with Crippen LogP contribution in [-0.2, 0) is 0 Å². The molecule has 0 saturated heterocycles. The van der Waals surface area contributed by atoms with Crippen LogP contribution in [0.4, 0.5) is 5.69 Å². The van der Waals surface area contributed by atoms with E-state index in [1.807, 2.05) is 6.07 Å². The normalized spacial score (nSPS) is 11.7. The van der Waals surface area contributed by atoms with Crippen LogP contribution in [0.2, 0.25) is 5.02 Å². The van der Waals surface area contributed by atoms with Gasteiger partial charge < -0.3 is 10.4 Å². The van der Waals surface area contributed by atoms with Crippen molar-refractivity contribution in [1.29, 1.82) is 0 Å². The van der Waals surface area contributed by atoms with Gasteiger partial charge in [0.2, 0.25) is 0 Å². The molecule has 114 valence electrons. The van der Waals surface area contributed by atoms with Crippen molar-refractivity contribution in [3.63, 3.8) is 0 Å². The highest BCUT2D eigenvalue weighted by atomic mass is 35.5. The Morgan fingerprint density at radius 1 is 1.27 bits per heavy atom. The third kappa shape index (κ3) is 3.81. The summed E-state index contributed by atoms with van der Waals surface area (Å²) in [7, 11) is 0. The molecule has 0 heterocycles. The molecule has 0 fully saturated rings. The number of non-ortho nitro benzene ring substituents is 1. The van der Waals surface area contributed by atoms with E-state index in [0.717, 1.165) is 6.07 Å². The standard InChI is InChI=1S/C15H13ClN2O4/c16-13-8-11(18(21)22)6-7-12(13)15(20)17-9-14(19)10-4-2-1-3-5-10/h1-8,14,19H,9H2,(H,17,20)/t14-/m1/s1. The fourth-order valence-electron chi connectivity index (χ4n) is 1.88. The van der Waals surface area contributed by atoms with Crippen LogP contribution >= 0.6 is 11.6 Å². The number of amides is 1. The molecule has 6 nitrogen and oxygen atoms in total. The summed E-state index contributed by atoms with van der Waals surface area (Å²) in [6.45, 7) is 0.0101. The molecule has 0 unspecified atom stereocenters. The average molecular weight is 321 g/mol. The van der Waals surface area contributed by atoms with E-state index in [0.29, 0.717) is 5.56 Å². The van der Waals surface area contributed by atoms with Crippen molar-refractivity contribution in [2.45, 2.75) is 6.10 Å². The van der Waals surface area contributed by atoms with Gasteiger partial charge in [-0.05, 0) is 11.6 Å². The van der Waals surface area contributed by atoms with E-state index >= 15 is 0 Å². The Hall–Kier alpha value is -2.44. The molecule has 2 aromatic carbocycles. The Morgan fingerprint density at radius 3 is 2.55 bits per heavy atom. The van der Waals surface area contributed by atoms with Crippen LogP contribution in [0.3, 0.4) is 0 Å². The first kappa shape index (κ1) is 15.9. The monoisotopic (exact) mass is 320 g/mol. The minimum absolute atomic E-state index is 0.0101. The Balaban J connectivity index is 2.02. The number of nitro groups is 1. The molecule has 2 aromatic rings. The van der Waals surface area contributed by atoms with Crippen LogP contribution in [0.5, 0.6) is 0 Å². The van der Waals surface area contributed by atoms with Gasteiger partial charge in [-0.15, -0.1) is 0 Å². The minimum atomic E-state index is -0.845. The predicted octanol–water partition coefficient (Wildman–Crippen LogP) is 2.71. The van der Waals surface area contributed by atoms with Crippen LogP contribution in [0.15, 0.2) is 48.5 Å². The van der Waals surface area contributed by atoms with Crippen LogP contribution in [0, 0.1) is 10.1 Å². The number of benzene rings is 2. The molecule has 0 aliphatic carbocycles. The van der Waals surface area contributed by atoms with Crippen LogP contribution < -0.4 is 5.32 Å². The van der Waals surface area contributed by atoms with Gasteiger partial charge in [-0.25, -0.2) is 0 Å². The maximum Gasteiger partial charge on any atom is 0.270 e. The highest BCUT2D eigenvalue weighted by molar-refractivity contribution is 6.34.